The molecule has 0 aliphatic carbocycles. The first kappa shape index (κ1) is 17.9. The van der Waals surface area contributed by atoms with Crippen molar-refractivity contribution in [2.45, 2.75) is 18.9 Å². The third-order valence-electron chi connectivity index (χ3n) is 6.26. The Morgan fingerprint density at radius 1 is 1.14 bits per heavy atom. The summed E-state index contributed by atoms with van der Waals surface area (Å²) in [6.45, 7) is 2.50. The van der Waals surface area contributed by atoms with E-state index in [-0.39, 0.29) is 5.91 Å². The molecule has 0 spiro atoms. The molecule has 29 heavy (non-hydrogen) atoms. The van der Waals surface area contributed by atoms with Crippen molar-refractivity contribution in [3.63, 3.8) is 0 Å². The zero-order valence-electron chi connectivity index (χ0n) is 16.8. The molecule has 0 radical (unpaired) electrons. The largest absolute Gasteiger partial charge is 0.378 e. The summed E-state index contributed by atoms with van der Waals surface area (Å²) in [4.78, 5) is 26.1. The van der Waals surface area contributed by atoms with E-state index >= 15 is 0 Å². The number of carbonyl (C=O) groups excluding carboxylic acids is 1. The van der Waals surface area contributed by atoms with Crippen LogP contribution in [0.1, 0.15) is 28.5 Å². The summed E-state index contributed by atoms with van der Waals surface area (Å²) in [5, 5.41) is 0. The Labute approximate surface area is 170 Å². The Kier molecular flexibility index (Phi) is 4.34. The van der Waals surface area contributed by atoms with Gasteiger partial charge in [-0.2, -0.15) is 0 Å². The van der Waals surface area contributed by atoms with Crippen molar-refractivity contribution < 1.29 is 4.79 Å². The second-order valence-electron chi connectivity index (χ2n) is 8.20. The molecule has 0 N–H and O–H groups in total. The van der Waals surface area contributed by atoms with Gasteiger partial charge in [0.1, 0.15) is 5.82 Å². The number of anilines is 1. The maximum atomic E-state index is 13.2. The van der Waals surface area contributed by atoms with Crippen LogP contribution in [0.25, 0.3) is 11.3 Å². The summed E-state index contributed by atoms with van der Waals surface area (Å²) < 4.78 is 2.33. The molecule has 0 bridgehead atoms. The van der Waals surface area contributed by atoms with Gasteiger partial charge in [-0.1, -0.05) is 6.07 Å². The van der Waals surface area contributed by atoms with Crippen LogP contribution < -0.4 is 4.90 Å². The van der Waals surface area contributed by atoms with Crippen LogP contribution in [0.15, 0.2) is 55.0 Å². The molecule has 1 saturated heterocycles. The van der Waals surface area contributed by atoms with Crippen LogP contribution in [0, 0.1) is 5.92 Å². The predicted molar refractivity (Wildman–Crippen MR) is 113 cm³/mol. The molecule has 2 aliphatic rings. The highest BCUT2D eigenvalue weighted by atomic mass is 16.2. The highest BCUT2D eigenvalue weighted by Gasteiger charge is 2.41. The Balaban J connectivity index is 1.40. The summed E-state index contributed by atoms with van der Waals surface area (Å²) in [6, 6.07) is 11.9. The van der Waals surface area contributed by atoms with Crippen LogP contribution in [0.4, 0.5) is 5.69 Å². The first-order valence-electron chi connectivity index (χ1n) is 10.1. The van der Waals surface area contributed by atoms with Crippen molar-refractivity contribution in [3.8, 4) is 11.3 Å². The molecule has 148 valence electrons. The quantitative estimate of drug-likeness (QED) is 0.692. The Hall–Kier alpha value is -3.15. The van der Waals surface area contributed by atoms with Gasteiger partial charge in [0, 0.05) is 68.9 Å². The minimum absolute atomic E-state index is 0.121. The number of likely N-dealkylation sites (tertiary alicyclic amines) is 1. The lowest BCUT2D eigenvalue weighted by Crippen LogP contribution is -2.29. The molecule has 2 aromatic heterocycles. The number of carbonyl (C=O) groups is 1. The van der Waals surface area contributed by atoms with E-state index in [1.165, 1.54) is 0 Å². The van der Waals surface area contributed by atoms with Crippen molar-refractivity contribution in [1.29, 1.82) is 0 Å². The molecule has 6 heteroatoms. The SMILES string of the molecule is CN(C)c1cccc(C(=O)N2C[C@H]3CCn4c(-c5ccncc5)cnc4[C@H]3C2)c1. The normalized spacial score (nSPS) is 20.3. The van der Waals surface area contributed by atoms with E-state index in [1.807, 2.05) is 78.9 Å². The zero-order chi connectivity index (χ0) is 20.0. The van der Waals surface area contributed by atoms with Crippen molar-refractivity contribution in [2.75, 3.05) is 32.1 Å². The number of fused-ring (bicyclic) bond motifs is 3. The van der Waals surface area contributed by atoms with E-state index in [2.05, 4.69) is 9.55 Å². The van der Waals surface area contributed by atoms with Gasteiger partial charge in [-0.25, -0.2) is 4.98 Å². The molecule has 1 fully saturated rings. The van der Waals surface area contributed by atoms with E-state index in [1.54, 1.807) is 0 Å². The second-order valence-corrected chi connectivity index (χ2v) is 8.20. The highest BCUT2D eigenvalue weighted by Crippen LogP contribution is 2.40. The lowest BCUT2D eigenvalue weighted by atomic mass is 9.89. The minimum Gasteiger partial charge on any atom is -0.378 e. The first-order chi connectivity index (χ1) is 14.1. The average molecular weight is 387 g/mol. The van der Waals surface area contributed by atoms with Crippen LogP contribution in [-0.4, -0.2) is 52.5 Å². The van der Waals surface area contributed by atoms with Gasteiger partial charge in [0.2, 0.25) is 0 Å². The van der Waals surface area contributed by atoms with Crippen molar-refractivity contribution in [3.05, 3.63) is 66.4 Å². The maximum absolute atomic E-state index is 13.2. The fraction of sp³-hybridized carbons (Fsp3) is 0.348. The van der Waals surface area contributed by atoms with Crippen LogP contribution >= 0.6 is 0 Å². The summed E-state index contributed by atoms with van der Waals surface area (Å²) in [5.74, 6) is 2.03. The number of hydrogen-bond donors (Lipinski definition) is 0. The van der Waals surface area contributed by atoms with E-state index < -0.39 is 0 Å². The topological polar surface area (TPSA) is 54.3 Å². The Morgan fingerprint density at radius 3 is 2.76 bits per heavy atom. The van der Waals surface area contributed by atoms with E-state index in [0.717, 1.165) is 54.4 Å². The lowest BCUT2D eigenvalue weighted by molar-refractivity contribution is 0.0786. The van der Waals surface area contributed by atoms with Crippen LogP contribution in [-0.2, 0) is 6.54 Å². The summed E-state index contributed by atoms with van der Waals surface area (Å²) in [5.41, 5.74) is 4.09. The van der Waals surface area contributed by atoms with Gasteiger partial charge < -0.3 is 14.4 Å². The molecule has 0 saturated carbocycles. The van der Waals surface area contributed by atoms with Gasteiger partial charge in [-0.05, 0) is 42.7 Å². The number of pyridine rings is 1. The van der Waals surface area contributed by atoms with Gasteiger partial charge in [0.05, 0.1) is 11.9 Å². The first-order valence-corrected chi connectivity index (χ1v) is 10.1. The maximum Gasteiger partial charge on any atom is 0.253 e. The predicted octanol–water partition coefficient (Wildman–Crippen LogP) is 3.27. The molecule has 2 aliphatic heterocycles. The van der Waals surface area contributed by atoms with Gasteiger partial charge >= 0.3 is 0 Å². The Bertz CT molecular complexity index is 1040. The number of amides is 1. The number of nitrogens with zero attached hydrogens (tertiary/aromatic N) is 5. The average Bonchev–Trinajstić information content (AvgIpc) is 3.38. The number of rotatable bonds is 3. The molecule has 6 nitrogen and oxygen atoms in total. The van der Waals surface area contributed by atoms with Crippen molar-refractivity contribution in [1.82, 2.24) is 19.4 Å². The van der Waals surface area contributed by atoms with Gasteiger partial charge in [-0.3, -0.25) is 9.78 Å². The fourth-order valence-corrected chi connectivity index (χ4v) is 4.69. The molecular weight excluding hydrogens is 362 g/mol. The number of hydrogen-bond acceptors (Lipinski definition) is 4. The van der Waals surface area contributed by atoms with Crippen LogP contribution in [0.3, 0.4) is 0 Å². The summed E-state index contributed by atoms with van der Waals surface area (Å²) in [6.07, 6.45) is 6.68. The van der Waals surface area contributed by atoms with Crippen LogP contribution in [0.5, 0.6) is 0 Å². The molecule has 4 heterocycles. The van der Waals surface area contributed by atoms with Crippen molar-refractivity contribution >= 4 is 11.6 Å². The van der Waals surface area contributed by atoms with Crippen molar-refractivity contribution in [2.24, 2.45) is 5.92 Å². The van der Waals surface area contributed by atoms with E-state index in [0.29, 0.717) is 11.8 Å². The molecule has 1 aromatic carbocycles. The third-order valence-corrected chi connectivity index (χ3v) is 6.26. The van der Waals surface area contributed by atoms with Gasteiger partial charge in [0.15, 0.2) is 0 Å². The van der Waals surface area contributed by atoms with E-state index in [9.17, 15) is 4.79 Å². The Morgan fingerprint density at radius 2 is 1.97 bits per heavy atom. The highest BCUT2D eigenvalue weighted by molar-refractivity contribution is 5.95. The molecule has 0 unspecified atom stereocenters. The van der Waals surface area contributed by atoms with Crippen LogP contribution in [0.2, 0.25) is 0 Å². The smallest absolute Gasteiger partial charge is 0.253 e. The second kappa shape index (κ2) is 7.03. The zero-order valence-corrected chi connectivity index (χ0v) is 16.8. The standard InChI is InChI=1S/C23H25N5O/c1-26(2)19-5-3-4-17(12-19)23(29)27-14-18-8-11-28-21(16-6-9-24-10-7-16)13-25-22(28)20(18)15-27/h3-7,9-10,12-13,18,20H,8,11,14-15H2,1-2H3/t18-,20+/m1/s1. The minimum atomic E-state index is 0.121. The lowest BCUT2D eigenvalue weighted by Gasteiger charge is -2.26. The van der Waals surface area contributed by atoms with E-state index in [4.69, 9.17) is 4.98 Å². The summed E-state index contributed by atoms with van der Waals surface area (Å²) in [7, 11) is 3.99. The van der Waals surface area contributed by atoms with Gasteiger partial charge in [0.25, 0.3) is 5.91 Å². The molecule has 5 rings (SSSR count). The number of aromatic nitrogens is 3. The molecular formula is C23H25N5O. The monoisotopic (exact) mass is 387 g/mol. The molecule has 2 atom stereocenters. The molecule has 1 amide bonds. The van der Waals surface area contributed by atoms with Gasteiger partial charge in [-0.15, -0.1) is 0 Å². The fourth-order valence-electron chi connectivity index (χ4n) is 4.69. The molecule has 3 aromatic rings. The third kappa shape index (κ3) is 3.09. The number of imidazole rings is 1. The number of benzene rings is 1. The summed E-state index contributed by atoms with van der Waals surface area (Å²) >= 11 is 0.